The summed E-state index contributed by atoms with van der Waals surface area (Å²) in [5.41, 5.74) is 2.85. The monoisotopic (exact) mass is 703 g/mol. The van der Waals surface area contributed by atoms with Crippen LogP contribution in [0.4, 0.5) is 5.69 Å². The van der Waals surface area contributed by atoms with Crippen molar-refractivity contribution in [2.24, 2.45) is 0 Å². The number of nitrogens with zero attached hydrogens (tertiary/aromatic N) is 2. The van der Waals surface area contributed by atoms with Gasteiger partial charge in [-0.05, 0) is 79.6 Å². The molecule has 7 nitrogen and oxygen atoms in total. The number of sulfonamides is 1. The highest BCUT2D eigenvalue weighted by molar-refractivity contribution is 7.98. The highest BCUT2D eigenvalue weighted by atomic mass is 35.5. The van der Waals surface area contributed by atoms with Gasteiger partial charge in [-0.3, -0.25) is 13.9 Å². The maximum atomic E-state index is 14.7. The summed E-state index contributed by atoms with van der Waals surface area (Å²) in [4.78, 5) is 31.4. The number of carbonyl (C=O) groups excluding carboxylic acids is 2. The molecule has 10 heteroatoms. The highest BCUT2D eigenvalue weighted by Gasteiger charge is 2.35. The van der Waals surface area contributed by atoms with Crippen LogP contribution in [0.2, 0.25) is 5.02 Å². The Bertz CT molecular complexity index is 1780. The molecule has 0 unspecified atom stereocenters. The second-order valence-corrected chi connectivity index (χ2v) is 15.3. The third-order valence-corrected chi connectivity index (χ3v) is 11.7. The van der Waals surface area contributed by atoms with Gasteiger partial charge in [0.2, 0.25) is 11.8 Å². The summed E-state index contributed by atoms with van der Waals surface area (Å²) in [7, 11) is -4.18. The van der Waals surface area contributed by atoms with E-state index in [1.54, 1.807) is 42.5 Å². The average molecular weight is 704 g/mol. The Morgan fingerprint density at radius 3 is 2.17 bits per heavy atom. The Balaban J connectivity index is 1.56. The van der Waals surface area contributed by atoms with Crippen molar-refractivity contribution in [3.63, 3.8) is 0 Å². The molecule has 0 aliphatic heterocycles. The van der Waals surface area contributed by atoms with Crippen molar-refractivity contribution < 1.29 is 18.0 Å². The van der Waals surface area contributed by atoms with Crippen LogP contribution < -0.4 is 9.62 Å². The number of amides is 2. The Morgan fingerprint density at radius 2 is 1.52 bits per heavy atom. The fourth-order valence-corrected chi connectivity index (χ4v) is 8.04. The SMILES string of the molecule is CSc1ccc(S(=O)(=O)N(CC(=O)N(Cc2ccccc2Cl)[C@@H](Cc2ccccc2)C(=O)NC2CCCCC2)c2ccc(C)cc2)cc1. The molecule has 2 amide bonds. The van der Waals surface area contributed by atoms with Crippen molar-refractivity contribution in [1.82, 2.24) is 10.2 Å². The highest BCUT2D eigenvalue weighted by Crippen LogP contribution is 2.28. The number of benzene rings is 4. The molecule has 1 saturated carbocycles. The van der Waals surface area contributed by atoms with E-state index in [0.717, 1.165) is 52.4 Å². The molecule has 48 heavy (non-hydrogen) atoms. The molecule has 0 spiro atoms. The van der Waals surface area contributed by atoms with Gasteiger partial charge in [-0.2, -0.15) is 0 Å². The smallest absolute Gasteiger partial charge is 0.264 e. The molecular formula is C38H42ClN3O4S2. The lowest BCUT2D eigenvalue weighted by molar-refractivity contribution is -0.140. The van der Waals surface area contributed by atoms with E-state index in [9.17, 15) is 18.0 Å². The van der Waals surface area contributed by atoms with Gasteiger partial charge in [-0.15, -0.1) is 11.8 Å². The molecule has 1 atom stereocenters. The molecule has 0 bridgehead atoms. The molecule has 0 saturated heterocycles. The normalized spacial score (nSPS) is 14.2. The molecular weight excluding hydrogens is 662 g/mol. The number of anilines is 1. The largest absolute Gasteiger partial charge is 0.352 e. The van der Waals surface area contributed by atoms with Crippen molar-refractivity contribution in [2.45, 2.75) is 73.9 Å². The van der Waals surface area contributed by atoms with E-state index in [-0.39, 0.29) is 29.8 Å². The Hall–Kier alpha value is -3.79. The first-order chi connectivity index (χ1) is 23.2. The predicted octanol–water partition coefficient (Wildman–Crippen LogP) is 7.65. The van der Waals surface area contributed by atoms with Gasteiger partial charge in [0.15, 0.2) is 0 Å². The third kappa shape index (κ3) is 9.01. The number of nitrogens with one attached hydrogen (secondary N) is 1. The van der Waals surface area contributed by atoms with Gasteiger partial charge in [0.25, 0.3) is 10.0 Å². The van der Waals surface area contributed by atoms with Crippen molar-refractivity contribution in [1.29, 1.82) is 0 Å². The molecule has 1 aliphatic carbocycles. The summed E-state index contributed by atoms with van der Waals surface area (Å²) in [5.74, 6) is -0.775. The number of halogens is 1. The summed E-state index contributed by atoms with van der Waals surface area (Å²) < 4.78 is 29.7. The first-order valence-corrected chi connectivity index (χ1v) is 19.3. The number of rotatable bonds is 13. The van der Waals surface area contributed by atoms with E-state index in [4.69, 9.17) is 11.6 Å². The van der Waals surface area contributed by atoms with Crippen LogP contribution in [0.3, 0.4) is 0 Å². The first-order valence-electron chi connectivity index (χ1n) is 16.3. The van der Waals surface area contributed by atoms with Crippen LogP contribution in [0.25, 0.3) is 0 Å². The van der Waals surface area contributed by atoms with E-state index in [2.05, 4.69) is 5.32 Å². The molecule has 4 aromatic carbocycles. The van der Waals surface area contributed by atoms with Crippen LogP contribution >= 0.6 is 23.4 Å². The fraction of sp³-hybridized carbons (Fsp3) is 0.316. The van der Waals surface area contributed by atoms with E-state index < -0.39 is 28.5 Å². The van der Waals surface area contributed by atoms with Crippen LogP contribution in [-0.4, -0.2) is 50.0 Å². The van der Waals surface area contributed by atoms with Crippen molar-refractivity contribution >= 4 is 50.9 Å². The summed E-state index contributed by atoms with van der Waals surface area (Å²) in [6.07, 6.45) is 7.16. The summed E-state index contributed by atoms with van der Waals surface area (Å²) in [5, 5.41) is 3.69. The zero-order chi connectivity index (χ0) is 34.1. The average Bonchev–Trinajstić information content (AvgIpc) is 3.10. The van der Waals surface area contributed by atoms with Gasteiger partial charge in [0, 0.05) is 28.9 Å². The maximum absolute atomic E-state index is 14.7. The molecule has 252 valence electrons. The Labute approximate surface area is 293 Å². The molecule has 0 heterocycles. The molecule has 1 aliphatic rings. The van der Waals surface area contributed by atoms with E-state index in [0.29, 0.717) is 16.3 Å². The van der Waals surface area contributed by atoms with Gasteiger partial charge in [0.05, 0.1) is 10.6 Å². The lowest BCUT2D eigenvalue weighted by atomic mass is 9.94. The molecule has 0 radical (unpaired) electrons. The van der Waals surface area contributed by atoms with Crippen LogP contribution in [0.1, 0.15) is 48.8 Å². The number of hydrogen-bond donors (Lipinski definition) is 1. The third-order valence-electron chi connectivity index (χ3n) is 8.77. The topological polar surface area (TPSA) is 86.8 Å². The zero-order valence-electron chi connectivity index (χ0n) is 27.3. The van der Waals surface area contributed by atoms with Gasteiger partial charge in [0.1, 0.15) is 12.6 Å². The van der Waals surface area contributed by atoms with Crippen LogP contribution in [-0.2, 0) is 32.6 Å². The predicted molar refractivity (Wildman–Crippen MR) is 195 cm³/mol. The number of hydrogen-bond acceptors (Lipinski definition) is 5. The van der Waals surface area contributed by atoms with E-state index in [1.165, 1.54) is 16.7 Å². The minimum atomic E-state index is -4.18. The van der Waals surface area contributed by atoms with Crippen LogP contribution in [0, 0.1) is 6.92 Å². The van der Waals surface area contributed by atoms with E-state index in [1.807, 2.05) is 73.8 Å². The fourth-order valence-electron chi connectivity index (χ4n) is 6.02. The Morgan fingerprint density at radius 1 is 0.875 bits per heavy atom. The second-order valence-electron chi connectivity index (χ2n) is 12.2. The van der Waals surface area contributed by atoms with Gasteiger partial charge >= 0.3 is 0 Å². The molecule has 1 fully saturated rings. The molecule has 0 aromatic heterocycles. The van der Waals surface area contributed by atoms with Crippen molar-refractivity contribution in [2.75, 3.05) is 17.1 Å². The number of carbonyl (C=O) groups is 2. The Kier molecular flexibility index (Phi) is 12.2. The second kappa shape index (κ2) is 16.5. The van der Waals surface area contributed by atoms with Crippen LogP contribution in [0.15, 0.2) is 113 Å². The standard InChI is InChI=1S/C38H42ClN3O4S2/c1-28-17-19-32(20-18-28)42(48(45,46)34-23-21-33(47-2)22-24-34)27-37(43)41(26-30-13-9-10-16-35(30)39)36(25-29-11-5-3-6-12-29)38(44)40-31-14-7-4-8-15-31/h3,5-6,9-13,16-24,31,36H,4,7-8,14-15,25-27H2,1-2H3,(H,40,44)/t36-/m0/s1. The summed E-state index contributed by atoms with van der Waals surface area (Å²) in [6, 6.07) is 29.5. The first kappa shape index (κ1) is 35.5. The van der Waals surface area contributed by atoms with Crippen LogP contribution in [0.5, 0.6) is 0 Å². The quantitative estimate of drug-likeness (QED) is 0.145. The van der Waals surface area contributed by atoms with Gasteiger partial charge in [-0.25, -0.2) is 8.42 Å². The van der Waals surface area contributed by atoms with Crippen molar-refractivity contribution in [3.8, 4) is 0 Å². The number of aryl methyl sites for hydroxylation is 1. The van der Waals surface area contributed by atoms with Gasteiger partial charge < -0.3 is 10.2 Å². The summed E-state index contributed by atoms with van der Waals surface area (Å²) >= 11 is 8.13. The minimum absolute atomic E-state index is 0.0236. The molecule has 1 N–H and O–H groups in total. The summed E-state index contributed by atoms with van der Waals surface area (Å²) in [6.45, 7) is 1.43. The number of thioether (sulfide) groups is 1. The van der Waals surface area contributed by atoms with Gasteiger partial charge in [-0.1, -0.05) is 97.1 Å². The maximum Gasteiger partial charge on any atom is 0.264 e. The van der Waals surface area contributed by atoms with Crippen molar-refractivity contribution in [3.05, 3.63) is 125 Å². The zero-order valence-corrected chi connectivity index (χ0v) is 29.7. The molecule has 5 rings (SSSR count). The lowest BCUT2D eigenvalue weighted by Gasteiger charge is -2.35. The lowest BCUT2D eigenvalue weighted by Crippen LogP contribution is -2.55. The van der Waals surface area contributed by atoms with E-state index >= 15 is 0 Å². The minimum Gasteiger partial charge on any atom is -0.352 e. The molecule has 4 aromatic rings.